The number of benzene rings is 1. The Balaban J connectivity index is 1.45. The Morgan fingerprint density at radius 1 is 1.10 bits per heavy atom. The molecule has 1 aliphatic carbocycles. The van der Waals surface area contributed by atoms with Gasteiger partial charge < -0.3 is 5.32 Å². The molecule has 0 bridgehead atoms. The van der Waals surface area contributed by atoms with Crippen LogP contribution >= 0.6 is 12.2 Å². The van der Waals surface area contributed by atoms with E-state index in [0.717, 1.165) is 12.1 Å². The highest BCUT2D eigenvalue weighted by Gasteiger charge is 2.38. The lowest BCUT2D eigenvalue weighted by Crippen LogP contribution is -2.58. The molecule has 2 N–H and O–H groups in total. The molecule has 30 heavy (non-hydrogen) atoms. The quantitative estimate of drug-likeness (QED) is 0.678. The highest BCUT2D eigenvalue weighted by molar-refractivity contribution is 7.71. The van der Waals surface area contributed by atoms with Crippen molar-refractivity contribution in [1.29, 1.82) is 0 Å². The monoisotopic (exact) mass is 427 g/mol. The van der Waals surface area contributed by atoms with E-state index in [1.807, 2.05) is 24.3 Å². The Bertz CT molecular complexity index is 904. The van der Waals surface area contributed by atoms with Crippen LogP contribution in [0.1, 0.15) is 56.9 Å². The van der Waals surface area contributed by atoms with E-state index >= 15 is 0 Å². The Kier molecular flexibility index (Phi) is 6.68. The van der Waals surface area contributed by atoms with Crippen LogP contribution in [0.25, 0.3) is 11.4 Å². The molecule has 1 aromatic heterocycles. The molecule has 1 saturated heterocycles. The first-order valence-corrected chi connectivity index (χ1v) is 11.7. The topological polar surface area (TPSA) is 66.0 Å². The van der Waals surface area contributed by atoms with E-state index in [2.05, 4.69) is 27.3 Å². The third kappa shape index (κ3) is 4.67. The largest absolute Gasteiger partial charge is 0.353 e. The molecule has 2 aromatic rings. The third-order valence-corrected chi connectivity index (χ3v) is 7.11. The molecule has 1 aromatic carbocycles. The van der Waals surface area contributed by atoms with Gasteiger partial charge in [0.25, 0.3) is 0 Å². The fourth-order valence-electron chi connectivity index (χ4n) is 5.03. The minimum atomic E-state index is 0.00261. The highest BCUT2D eigenvalue weighted by atomic mass is 32.1. The van der Waals surface area contributed by atoms with Gasteiger partial charge in [-0.1, -0.05) is 55.5 Å². The van der Waals surface area contributed by atoms with Gasteiger partial charge in [-0.15, -0.1) is 0 Å². The van der Waals surface area contributed by atoms with Gasteiger partial charge in [0.1, 0.15) is 6.54 Å². The average molecular weight is 428 g/mol. The Morgan fingerprint density at radius 3 is 2.47 bits per heavy atom. The number of aryl methyl sites for hydroxylation is 1. The summed E-state index contributed by atoms with van der Waals surface area (Å²) in [5, 5.41) is 10.5. The number of nitrogens with one attached hydrogen (secondary N) is 2. The number of nitrogens with zero attached hydrogens (tertiary/aromatic N) is 3. The normalized spacial score (nSPS) is 19.5. The number of H-pyrrole nitrogens is 1. The van der Waals surface area contributed by atoms with E-state index in [4.69, 9.17) is 12.2 Å². The van der Waals surface area contributed by atoms with Crippen LogP contribution in [0.5, 0.6) is 0 Å². The van der Waals surface area contributed by atoms with Gasteiger partial charge in [-0.2, -0.15) is 5.10 Å². The van der Waals surface area contributed by atoms with Gasteiger partial charge in [-0.3, -0.25) is 19.4 Å². The number of likely N-dealkylation sites (tertiary alicyclic amines) is 1. The van der Waals surface area contributed by atoms with Crippen LogP contribution in [0.4, 0.5) is 0 Å². The number of aromatic amines is 1. The molecule has 4 rings (SSSR count). The zero-order valence-corrected chi connectivity index (χ0v) is 18.8. The van der Waals surface area contributed by atoms with Crippen molar-refractivity contribution >= 4 is 18.1 Å². The molecule has 1 saturated carbocycles. The minimum absolute atomic E-state index is 0.00261. The van der Waals surface area contributed by atoms with Crippen molar-refractivity contribution in [3.8, 4) is 11.4 Å². The van der Waals surface area contributed by atoms with E-state index < -0.39 is 0 Å². The van der Waals surface area contributed by atoms with Gasteiger partial charge in [0.15, 0.2) is 10.6 Å². The van der Waals surface area contributed by atoms with Crippen LogP contribution in [-0.2, 0) is 11.3 Å². The number of piperidine rings is 1. The van der Waals surface area contributed by atoms with Crippen LogP contribution in [0.15, 0.2) is 24.3 Å². The molecule has 1 aliphatic heterocycles. The van der Waals surface area contributed by atoms with Gasteiger partial charge in [-0.25, -0.2) is 0 Å². The van der Waals surface area contributed by atoms with Crippen LogP contribution in [0.3, 0.4) is 0 Å². The van der Waals surface area contributed by atoms with Crippen LogP contribution in [0, 0.1) is 11.7 Å². The van der Waals surface area contributed by atoms with E-state index in [1.165, 1.54) is 70.0 Å². The van der Waals surface area contributed by atoms with Gasteiger partial charge in [0.05, 0.1) is 0 Å². The number of hydrogen-bond acceptors (Lipinski definition) is 4. The van der Waals surface area contributed by atoms with Crippen molar-refractivity contribution in [3.63, 3.8) is 0 Å². The molecule has 2 aliphatic rings. The van der Waals surface area contributed by atoms with E-state index in [1.54, 1.807) is 4.57 Å². The number of aromatic nitrogens is 3. The smallest absolute Gasteiger partial charge is 0.240 e. The second kappa shape index (κ2) is 9.43. The summed E-state index contributed by atoms with van der Waals surface area (Å²) in [6, 6.07) is 8.12. The fraction of sp³-hybridized carbons (Fsp3) is 0.609. The Hall–Kier alpha value is -1.99. The number of carbonyl (C=O) groups is 1. The molecular weight excluding hydrogens is 394 g/mol. The third-order valence-electron chi connectivity index (χ3n) is 6.80. The molecule has 2 fully saturated rings. The molecule has 0 unspecified atom stereocenters. The van der Waals surface area contributed by atoms with Crippen LogP contribution in [0.2, 0.25) is 0 Å². The molecule has 0 radical (unpaired) electrons. The molecule has 1 amide bonds. The summed E-state index contributed by atoms with van der Waals surface area (Å²) >= 11 is 5.41. The Labute approximate surface area is 184 Å². The summed E-state index contributed by atoms with van der Waals surface area (Å²) in [5.41, 5.74) is 2.27. The Morgan fingerprint density at radius 2 is 1.77 bits per heavy atom. The highest BCUT2D eigenvalue weighted by Crippen LogP contribution is 2.35. The molecule has 7 heteroatoms. The summed E-state index contributed by atoms with van der Waals surface area (Å²) in [4.78, 5) is 15.6. The van der Waals surface area contributed by atoms with Crippen molar-refractivity contribution in [1.82, 2.24) is 25.0 Å². The summed E-state index contributed by atoms with van der Waals surface area (Å²) in [6.45, 7) is 5.31. The summed E-state index contributed by atoms with van der Waals surface area (Å²) in [6.07, 6.45) is 10.1. The maximum atomic E-state index is 12.9. The van der Waals surface area contributed by atoms with E-state index in [-0.39, 0.29) is 18.0 Å². The number of carbonyl (C=O) groups excluding carboxylic acids is 1. The minimum Gasteiger partial charge on any atom is -0.353 e. The van der Waals surface area contributed by atoms with Crippen molar-refractivity contribution in [2.75, 3.05) is 19.6 Å². The summed E-state index contributed by atoms with van der Waals surface area (Å²) in [5.74, 6) is 0.710. The number of rotatable bonds is 6. The molecule has 0 spiro atoms. The number of amides is 1. The van der Waals surface area contributed by atoms with Crippen LogP contribution < -0.4 is 5.32 Å². The van der Waals surface area contributed by atoms with E-state index in [0.29, 0.717) is 10.6 Å². The van der Waals surface area contributed by atoms with Crippen molar-refractivity contribution in [2.45, 2.75) is 70.4 Å². The van der Waals surface area contributed by atoms with Gasteiger partial charge in [0.2, 0.25) is 5.91 Å². The molecule has 2 heterocycles. The van der Waals surface area contributed by atoms with Gasteiger partial charge >= 0.3 is 0 Å². The van der Waals surface area contributed by atoms with E-state index in [9.17, 15) is 4.79 Å². The number of hydrogen-bond donors (Lipinski definition) is 2. The molecule has 162 valence electrons. The first-order valence-electron chi connectivity index (χ1n) is 11.3. The lowest BCUT2D eigenvalue weighted by atomic mass is 9.79. The average Bonchev–Trinajstić information content (AvgIpc) is 3.14. The lowest BCUT2D eigenvalue weighted by molar-refractivity contribution is -0.122. The lowest BCUT2D eigenvalue weighted by Gasteiger charge is -2.48. The maximum Gasteiger partial charge on any atom is 0.240 e. The summed E-state index contributed by atoms with van der Waals surface area (Å²) < 4.78 is 2.27. The first kappa shape index (κ1) is 21.2. The standard InChI is InChI=1S/C23H33N5OS/c1-18-8-10-19(11-9-18)21-25-26-22(30)28(21)16-20(29)24-17-23(12-4-2-5-13-23)27-14-6-3-7-15-27/h8-11H,2-7,12-17H2,1H3,(H,24,29)(H,26,30). The second-order valence-electron chi connectivity index (χ2n) is 8.91. The summed E-state index contributed by atoms with van der Waals surface area (Å²) in [7, 11) is 0. The van der Waals surface area contributed by atoms with Crippen molar-refractivity contribution < 1.29 is 4.79 Å². The zero-order valence-electron chi connectivity index (χ0n) is 18.0. The van der Waals surface area contributed by atoms with Crippen molar-refractivity contribution in [3.05, 3.63) is 34.6 Å². The predicted octanol–water partition coefficient (Wildman–Crippen LogP) is 4.22. The SMILES string of the molecule is Cc1ccc(-c2n[nH]c(=S)n2CC(=O)NCC2(N3CCCCC3)CCCCC2)cc1. The fourth-order valence-corrected chi connectivity index (χ4v) is 5.23. The van der Waals surface area contributed by atoms with Gasteiger partial charge in [-0.05, 0) is 57.9 Å². The van der Waals surface area contributed by atoms with Gasteiger partial charge in [0, 0.05) is 17.6 Å². The molecule has 0 atom stereocenters. The second-order valence-corrected chi connectivity index (χ2v) is 9.30. The molecular formula is C23H33N5OS. The van der Waals surface area contributed by atoms with Crippen LogP contribution in [-0.4, -0.2) is 50.7 Å². The first-order chi connectivity index (χ1) is 14.6. The van der Waals surface area contributed by atoms with Crippen molar-refractivity contribution in [2.24, 2.45) is 0 Å². The molecule has 6 nitrogen and oxygen atoms in total. The predicted molar refractivity (Wildman–Crippen MR) is 122 cm³/mol. The maximum absolute atomic E-state index is 12.9. The zero-order chi connectivity index (χ0) is 21.0.